The van der Waals surface area contributed by atoms with Crippen LogP contribution >= 0.6 is 0 Å². The first-order valence-electron chi connectivity index (χ1n) is 9.35. The van der Waals surface area contributed by atoms with Crippen LogP contribution in [-0.2, 0) is 9.53 Å². The number of rotatable bonds is 0. The van der Waals surface area contributed by atoms with Crippen molar-refractivity contribution in [2.24, 2.45) is 40.4 Å². The fourth-order valence-electron chi connectivity index (χ4n) is 6.91. The second-order valence-electron chi connectivity index (χ2n) is 9.16. The van der Waals surface area contributed by atoms with Crippen molar-refractivity contribution in [1.82, 2.24) is 0 Å². The molecule has 0 aromatic heterocycles. The molecule has 9 atom stereocenters. The van der Waals surface area contributed by atoms with Gasteiger partial charge < -0.3 is 9.84 Å². The van der Waals surface area contributed by atoms with Crippen LogP contribution in [0.3, 0.4) is 0 Å². The lowest BCUT2D eigenvalue weighted by Gasteiger charge is -2.67. The van der Waals surface area contributed by atoms with Crippen molar-refractivity contribution < 1.29 is 14.6 Å². The molecule has 4 rings (SSSR count). The van der Waals surface area contributed by atoms with E-state index in [1.165, 1.54) is 0 Å². The summed E-state index contributed by atoms with van der Waals surface area (Å²) in [6, 6.07) is 0. The average molecular weight is 318 g/mol. The quantitative estimate of drug-likeness (QED) is 0.549. The number of carbonyl (C=O) groups is 1. The van der Waals surface area contributed by atoms with E-state index in [2.05, 4.69) is 39.8 Å². The molecule has 4 aliphatic rings. The monoisotopic (exact) mass is 318 g/mol. The minimum Gasteiger partial charge on any atom is -0.462 e. The molecular formula is C20H30O3. The minimum atomic E-state index is -0.247. The molecule has 0 aromatic rings. The van der Waals surface area contributed by atoms with Crippen LogP contribution in [0.1, 0.15) is 53.4 Å². The maximum Gasteiger partial charge on any atom is 0.306 e. The Morgan fingerprint density at radius 3 is 2.61 bits per heavy atom. The molecule has 3 aliphatic carbocycles. The minimum absolute atomic E-state index is 0.0111. The summed E-state index contributed by atoms with van der Waals surface area (Å²) in [5.74, 6) is 2.03. The van der Waals surface area contributed by atoms with Crippen LogP contribution in [0.5, 0.6) is 0 Å². The Kier molecular flexibility index (Phi) is 3.30. The van der Waals surface area contributed by atoms with Gasteiger partial charge in [0.05, 0.1) is 6.10 Å². The summed E-state index contributed by atoms with van der Waals surface area (Å²) < 4.78 is 5.90. The Morgan fingerprint density at radius 1 is 1.13 bits per heavy atom. The number of fused-ring (bicyclic) bond motifs is 2. The predicted octanol–water partition coefficient (Wildman–Crippen LogP) is 3.56. The molecule has 0 aromatic carbocycles. The Bertz CT molecular complexity index is 555. The third kappa shape index (κ3) is 1.83. The van der Waals surface area contributed by atoms with Gasteiger partial charge in [0.2, 0.25) is 0 Å². The van der Waals surface area contributed by atoms with E-state index < -0.39 is 0 Å². The van der Waals surface area contributed by atoms with Crippen molar-refractivity contribution in [3.8, 4) is 0 Å². The molecule has 23 heavy (non-hydrogen) atoms. The van der Waals surface area contributed by atoms with Gasteiger partial charge in [-0.1, -0.05) is 39.8 Å². The molecule has 128 valence electrons. The van der Waals surface area contributed by atoms with E-state index in [0.29, 0.717) is 36.0 Å². The lowest BCUT2D eigenvalue weighted by atomic mass is 9.40. The number of aliphatic hydroxyl groups is 1. The maximum absolute atomic E-state index is 12.2. The third-order valence-electron chi connectivity index (χ3n) is 8.30. The molecule has 2 saturated carbocycles. The van der Waals surface area contributed by atoms with Gasteiger partial charge in [0.15, 0.2) is 0 Å². The van der Waals surface area contributed by atoms with Crippen LogP contribution in [0.4, 0.5) is 0 Å². The summed E-state index contributed by atoms with van der Waals surface area (Å²) in [7, 11) is 0. The molecule has 0 bridgehead atoms. The van der Waals surface area contributed by atoms with Gasteiger partial charge in [0, 0.05) is 17.3 Å². The number of hydrogen-bond donors (Lipinski definition) is 1. The van der Waals surface area contributed by atoms with Crippen molar-refractivity contribution >= 4 is 5.97 Å². The Balaban J connectivity index is 1.86. The van der Waals surface area contributed by atoms with Crippen LogP contribution in [0.25, 0.3) is 0 Å². The van der Waals surface area contributed by atoms with Crippen molar-refractivity contribution in [2.75, 3.05) is 0 Å². The lowest BCUT2D eigenvalue weighted by molar-refractivity contribution is -0.241. The number of ether oxygens (including phenoxy) is 1. The van der Waals surface area contributed by atoms with Gasteiger partial charge in [-0.3, -0.25) is 4.79 Å². The first kappa shape index (κ1) is 15.7. The van der Waals surface area contributed by atoms with Gasteiger partial charge in [-0.05, 0) is 48.9 Å². The van der Waals surface area contributed by atoms with Gasteiger partial charge in [-0.15, -0.1) is 0 Å². The summed E-state index contributed by atoms with van der Waals surface area (Å²) in [4.78, 5) is 12.2. The first-order valence-corrected chi connectivity index (χ1v) is 9.35. The van der Waals surface area contributed by atoms with E-state index in [9.17, 15) is 9.90 Å². The normalized spacial score (nSPS) is 58.1. The van der Waals surface area contributed by atoms with Gasteiger partial charge in [-0.25, -0.2) is 0 Å². The van der Waals surface area contributed by atoms with Crippen molar-refractivity contribution in [1.29, 1.82) is 0 Å². The summed E-state index contributed by atoms with van der Waals surface area (Å²) in [5.41, 5.74) is -0.132. The van der Waals surface area contributed by atoms with Gasteiger partial charge in [-0.2, -0.15) is 0 Å². The molecule has 3 nitrogen and oxygen atoms in total. The molecule has 3 heteroatoms. The first-order chi connectivity index (χ1) is 10.8. The van der Waals surface area contributed by atoms with Gasteiger partial charge in [0.25, 0.3) is 0 Å². The highest BCUT2D eigenvalue weighted by Crippen LogP contribution is 2.67. The molecule has 0 radical (unpaired) electrons. The number of hydrogen-bond acceptors (Lipinski definition) is 3. The predicted molar refractivity (Wildman–Crippen MR) is 88.5 cm³/mol. The standard InChI is InChI=1S/C20H30O3/c1-11-5-7-15-19(3)13(12(2)6-8-16(19)21)9-17-20(15,4)14(11)10-18(22)23-17/h5,7,11-17,21H,6,8-10H2,1-4H3/t11-,12+,13-,14-,15+,16+,17+,19-,20-/m0/s1. The zero-order chi connectivity index (χ0) is 16.6. The van der Waals surface area contributed by atoms with E-state index in [-0.39, 0.29) is 29.0 Å². The number of allylic oxidation sites excluding steroid dienone is 2. The largest absolute Gasteiger partial charge is 0.462 e. The Labute approximate surface area is 139 Å². The van der Waals surface area contributed by atoms with Gasteiger partial charge >= 0.3 is 5.97 Å². The highest BCUT2D eigenvalue weighted by molar-refractivity contribution is 5.71. The average Bonchev–Trinajstić information content (AvgIpc) is 2.49. The molecule has 1 aliphatic heterocycles. The van der Waals surface area contributed by atoms with E-state index in [4.69, 9.17) is 4.74 Å². The summed E-state index contributed by atoms with van der Waals surface area (Å²) in [6.45, 7) is 9.17. The second kappa shape index (κ2) is 4.84. The van der Waals surface area contributed by atoms with Gasteiger partial charge in [0.1, 0.15) is 6.10 Å². The van der Waals surface area contributed by atoms with Crippen molar-refractivity contribution in [3.05, 3.63) is 12.2 Å². The van der Waals surface area contributed by atoms with Crippen LogP contribution in [0, 0.1) is 40.4 Å². The molecule has 1 N–H and O–H groups in total. The SMILES string of the molecule is C[C@@H]1CC[C@@H](O)[C@]2(C)[C@H]3C=C[C@H](C)[C@@H]4CC(=O)O[C@H](C[C@@H]12)[C@]34C. The highest BCUT2D eigenvalue weighted by Gasteiger charge is 2.67. The fourth-order valence-corrected chi connectivity index (χ4v) is 6.91. The molecule has 1 heterocycles. The number of aliphatic hydroxyl groups excluding tert-OH is 1. The van der Waals surface area contributed by atoms with Crippen LogP contribution in [0.15, 0.2) is 12.2 Å². The summed E-state index contributed by atoms with van der Waals surface area (Å²) in [6.07, 6.45) is 7.85. The third-order valence-corrected chi connectivity index (χ3v) is 8.30. The molecular weight excluding hydrogens is 288 g/mol. The molecule has 0 amide bonds. The van der Waals surface area contributed by atoms with Crippen molar-refractivity contribution in [2.45, 2.75) is 65.6 Å². The van der Waals surface area contributed by atoms with E-state index >= 15 is 0 Å². The van der Waals surface area contributed by atoms with E-state index in [1.54, 1.807) is 0 Å². The Morgan fingerprint density at radius 2 is 1.87 bits per heavy atom. The molecule has 0 spiro atoms. The molecule has 3 fully saturated rings. The van der Waals surface area contributed by atoms with Crippen LogP contribution in [0.2, 0.25) is 0 Å². The van der Waals surface area contributed by atoms with E-state index in [1.807, 2.05) is 0 Å². The molecule has 0 unspecified atom stereocenters. The Hall–Kier alpha value is -0.830. The summed E-state index contributed by atoms with van der Waals surface area (Å²) in [5, 5.41) is 11.0. The smallest absolute Gasteiger partial charge is 0.306 e. The second-order valence-corrected chi connectivity index (χ2v) is 9.16. The highest BCUT2D eigenvalue weighted by atomic mass is 16.5. The molecule has 1 saturated heterocycles. The van der Waals surface area contributed by atoms with E-state index in [0.717, 1.165) is 19.3 Å². The number of carbonyl (C=O) groups excluding carboxylic acids is 1. The van der Waals surface area contributed by atoms with Crippen LogP contribution < -0.4 is 0 Å². The maximum atomic E-state index is 12.2. The lowest BCUT2D eigenvalue weighted by Crippen LogP contribution is -2.67. The number of esters is 1. The van der Waals surface area contributed by atoms with Crippen molar-refractivity contribution in [3.63, 3.8) is 0 Å². The van der Waals surface area contributed by atoms with Crippen LogP contribution in [-0.4, -0.2) is 23.3 Å². The zero-order valence-corrected chi connectivity index (χ0v) is 14.8. The zero-order valence-electron chi connectivity index (χ0n) is 14.8. The fraction of sp³-hybridized carbons (Fsp3) is 0.850. The topological polar surface area (TPSA) is 46.5 Å². The summed E-state index contributed by atoms with van der Waals surface area (Å²) >= 11 is 0.